The van der Waals surface area contributed by atoms with Crippen LogP contribution in [0.3, 0.4) is 0 Å². The van der Waals surface area contributed by atoms with Crippen molar-refractivity contribution in [1.82, 2.24) is 0 Å². The Kier molecular flexibility index (Phi) is 8.39. The van der Waals surface area contributed by atoms with Crippen LogP contribution in [0.1, 0.15) is 48.5 Å². The van der Waals surface area contributed by atoms with E-state index in [-0.39, 0.29) is 11.9 Å². The quantitative estimate of drug-likeness (QED) is 0.288. The minimum Gasteiger partial charge on any atom is -0.493 e. The van der Waals surface area contributed by atoms with Crippen LogP contribution in [0.15, 0.2) is 60.7 Å². The van der Waals surface area contributed by atoms with Crippen LogP contribution in [0, 0.1) is 0 Å². The maximum Gasteiger partial charge on any atom is 0.313 e. The summed E-state index contributed by atoms with van der Waals surface area (Å²) in [5.41, 5.74) is 2.01. The lowest BCUT2D eigenvalue weighted by Gasteiger charge is -2.25. The van der Waals surface area contributed by atoms with Crippen molar-refractivity contribution in [3.05, 3.63) is 81.8 Å². The lowest BCUT2D eigenvalue weighted by atomic mass is 9.93. The molecule has 0 aromatic heterocycles. The van der Waals surface area contributed by atoms with E-state index in [4.69, 9.17) is 37.4 Å². The highest BCUT2D eigenvalue weighted by molar-refractivity contribution is 6.32. The maximum absolute atomic E-state index is 13.2. The van der Waals surface area contributed by atoms with Gasteiger partial charge in [0.1, 0.15) is 17.2 Å². The molecular weight excluding hydrogens is 501 g/mol. The number of benzene rings is 3. The maximum atomic E-state index is 13.2. The molecule has 0 saturated carbocycles. The van der Waals surface area contributed by atoms with Crippen LogP contribution in [0.25, 0.3) is 0 Å². The minimum absolute atomic E-state index is 0.115. The molecule has 0 N–H and O–H groups in total. The van der Waals surface area contributed by atoms with Crippen molar-refractivity contribution < 1.29 is 23.8 Å². The fraction of sp³-hybridized carbons (Fsp3) is 0.286. The Morgan fingerprint density at radius 3 is 2.42 bits per heavy atom. The van der Waals surface area contributed by atoms with Crippen molar-refractivity contribution in [2.75, 3.05) is 24.7 Å². The van der Waals surface area contributed by atoms with E-state index in [1.54, 1.807) is 60.4 Å². The number of halogens is 2. The van der Waals surface area contributed by atoms with Gasteiger partial charge in [0.25, 0.3) is 5.91 Å². The Morgan fingerprint density at radius 2 is 1.75 bits per heavy atom. The van der Waals surface area contributed by atoms with Gasteiger partial charge in [0, 0.05) is 34.4 Å². The van der Waals surface area contributed by atoms with Crippen LogP contribution in [-0.4, -0.2) is 31.6 Å². The fourth-order valence-corrected chi connectivity index (χ4v) is 4.43. The van der Waals surface area contributed by atoms with Gasteiger partial charge in [-0.05, 0) is 74.4 Å². The van der Waals surface area contributed by atoms with Crippen LogP contribution < -0.4 is 14.4 Å². The molecule has 0 saturated heterocycles. The third kappa shape index (κ3) is 5.77. The van der Waals surface area contributed by atoms with Crippen LogP contribution in [0.5, 0.6) is 17.2 Å². The van der Waals surface area contributed by atoms with E-state index in [0.717, 1.165) is 12.1 Å². The van der Waals surface area contributed by atoms with Crippen molar-refractivity contribution in [2.24, 2.45) is 0 Å². The van der Waals surface area contributed by atoms with Gasteiger partial charge in [0.15, 0.2) is 0 Å². The molecule has 1 unspecified atom stereocenters. The average Bonchev–Trinajstić information content (AvgIpc) is 2.88. The van der Waals surface area contributed by atoms with Crippen molar-refractivity contribution >= 4 is 40.8 Å². The van der Waals surface area contributed by atoms with Crippen molar-refractivity contribution in [2.45, 2.75) is 32.6 Å². The third-order valence-corrected chi connectivity index (χ3v) is 6.38. The lowest BCUT2D eigenvalue weighted by Crippen LogP contribution is -2.31. The zero-order valence-corrected chi connectivity index (χ0v) is 21.6. The molecule has 0 bridgehead atoms. The van der Waals surface area contributed by atoms with E-state index in [0.29, 0.717) is 64.6 Å². The molecule has 6 nitrogen and oxygen atoms in total. The highest BCUT2D eigenvalue weighted by Crippen LogP contribution is 2.42. The number of ether oxygens (including phenoxy) is 3. The number of hydrogen-bond donors (Lipinski definition) is 0. The summed E-state index contributed by atoms with van der Waals surface area (Å²) < 4.78 is 16.9. The number of esters is 1. The summed E-state index contributed by atoms with van der Waals surface area (Å²) in [6, 6.07) is 17.5. The normalized spacial score (nSPS) is 14.4. The first-order valence-corrected chi connectivity index (χ1v) is 12.6. The molecule has 0 fully saturated rings. The van der Waals surface area contributed by atoms with Crippen LogP contribution in [0.2, 0.25) is 10.0 Å². The largest absolute Gasteiger partial charge is 0.493 e. The summed E-state index contributed by atoms with van der Waals surface area (Å²) in [5, 5.41) is 0.970. The highest BCUT2D eigenvalue weighted by atomic mass is 35.5. The molecule has 4 rings (SSSR count). The molecule has 0 aliphatic carbocycles. The van der Waals surface area contributed by atoms with E-state index >= 15 is 0 Å². The third-order valence-electron chi connectivity index (χ3n) is 5.83. The molecule has 0 radical (unpaired) electrons. The first-order valence-electron chi connectivity index (χ1n) is 11.9. The molecule has 188 valence electrons. The van der Waals surface area contributed by atoms with Crippen molar-refractivity contribution in [3.63, 3.8) is 0 Å². The predicted octanol–water partition coefficient (Wildman–Crippen LogP) is 7.27. The molecule has 1 amide bonds. The number of nitrogens with zero attached hydrogens (tertiary/aromatic N) is 1. The standard InChI is InChI=1S/C28H27Cl2NO5/c1-3-14-31(20-9-7-19(29)8-10-20)27(32)18-5-11-21(12-6-18)36-26-17-25-23(16-24(26)30)22(13-15-35-25)28(33)34-4-2/h5-12,16-17,22H,3-4,13-15H2,1-2H3. The molecule has 0 spiro atoms. The van der Waals surface area contributed by atoms with E-state index < -0.39 is 5.92 Å². The Labute approximate surface area is 220 Å². The first-order chi connectivity index (χ1) is 17.4. The van der Waals surface area contributed by atoms with Crippen molar-refractivity contribution in [3.8, 4) is 17.2 Å². The predicted molar refractivity (Wildman–Crippen MR) is 141 cm³/mol. The Hall–Kier alpha value is -3.22. The summed E-state index contributed by atoms with van der Waals surface area (Å²) in [6.07, 6.45) is 1.34. The smallest absolute Gasteiger partial charge is 0.313 e. The second-order valence-corrected chi connectivity index (χ2v) is 9.17. The number of rotatable bonds is 8. The zero-order chi connectivity index (χ0) is 25.7. The summed E-state index contributed by atoms with van der Waals surface area (Å²) in [7, 11) is 0. The molecule has 3 aromatic rings. The number of carbonyl (C=O) groups excluding carboxylic acids is 2. The SMILES string of the molecule is CCCN(C(=O)c1ccc(Oc2cc3c(cc2Cl)C(C(=O)OCC)CCO3)cc1)c1ccc(Cl)cc1. The number of amides is 1. The van der Waals surface area contributed by atoms with Crippen molar-refractivity contribution in [1.29, 1.82) is 0 Å². The number of hydrogen-bond acceptors (Lipinski definition) is 5. The van der Waals surface area contributed by atoms with E-state index in [1.165, 1.54) is 0 Å². The monoisotopic (exact) mass is 527 g/mol. The fourth-order valence-electron chi connectivity index (χ4n) is 4.10. The second-order valence-electron chi connectivity index (χ2n) is 8.32. The van der Waals surface area contributed by atoms with Crippen LogP contribution in [-0.2, 0) is 9.53 Å². The number of fused-ring (bicyclic) bond motifs is 1. The van der Waals surface area contributed by atoms with Gasteiger partial charge in [0.2, 0.25) is 0 Å². The molecular formula is C28H27Cl2NO5. The highest BCUT2D eigenvalue weighted by Gasteiger charge is 2.30. The van der Waals surface area contributed by atoms with Gasteiger partial charge in [-0.3, -0.25) is 9.59 Å². The summed E-state index contributed by atoms with van der Waals surface area (Å²) in [6.45, 7) is 5.09. The Bertz CT molecular complexity index is 1230. The van der Waals surface area contributed by atoms with E-state index in [2.05, 4.69) is 0 Å². The van der Waals surface area contributed by atoms with Crippen LogP contribution >= 0.6 is 23.2 Å². The molecule has 1 aliphatic rings. The van der Waals surface area contributed by atoms with E-state index in [9.17, 15) is 9.59 Å². The summed E-state index contributed by atoms with van der Waals surface area (Å²) in [4.78, 5) is 27.3. The topological polar surface area (TPSA) is 65.1 Å². The number of anilines is 1. The molecule has 1 aliphatic heterocycles. The van der Waals surface area contributed by atoms with Gasteiger partial charge >= 0.3 is 5.97 Å². The Morgan fingerprint density at radius 1 is 1.03 bits per heavy atom. The molecule has 8 heteroatoms. The minimum atomic E-state index is -0.419. The molecule has 1 heterocycles. The van der Waals surface area contributed by atoms with Crippen LogP contribution in [0.4, 0.5) is 5.69 Å². The Balaban J connectivity index is 1.52. The molecule has 36 heavy (non-hydrogen) atoms. The van der Waals surface area contributed by atoms with Gasteiger partial charge in [-0.25, -0.2) is 0 Å². The van der Waals surface area contributed by atoms with Gasteiger partial charge in [-0.2, -0.15) is 0 Å². The van der Waals surface area contributed by atoms with Gasteiger partial charge in [0.05, 0.1) is 24.2 Å². The number of carbonyl (C=O) groups is 2. The van der Waals surface area contributed by atoms with E-state index in [1.807, 2.05) is 19.1 Å². The summed E-state index contributed by atoms with van der Waals surface area (Å²) >= 11 is 12.5. The van der Waals surface area contributed by atoms with Gasteiger partial charge in [-0.1, -0.05) is 30.1 Å². The molecule has 3 aromatic carbocycles. The first kappa shape index (κ1) is 25.9. The zero-order valence-electron chi connectivity index (χ0n) is 20.1. The lowest BCUT2D eigenvalue weighted by molar-refractivity contribution is -0.145. The van der Waals surface area contributed by atoms with Gasteiger partial charge in [-0.15, -0.1) is 0 Å². The summed E-state index contributed by atoms with van der Waals surface area (Å²) in [5.74, 6) is 0.632. The van der Waals surface area contributed by atoms with Gasteiger partial charge < -0.3 is 19.1 Å². The second kappa shape index (κ2) is 11.7. The molecule has 1 atom stereocenters. The average molecular weight is 528 g/mol.